The van der Waals surface area contributed by atoms with Crippen LogP contribution in [0.25, 0.3) is 22.9 Å². The summed E-state index contributed by atoms with van der Waals surface area (Å²) in [4.78, 5) is 23.0. The van der Waals surface area contributed by atoms with E-state index in [4.69, 9.17) is 4.52 Å². The lowest BCUT2D eigenvalue weighted by Crippen LogP contribution is -2.55. The van der Waals surface area contributed by atoms with Gasteiger partial charge in [-0.15, -0.1) is 0 Å². The summed E-state index contributed by atoms with van der Waals surface area (Å²) in [6.07, 6.45) is 4.06. The highest BCUT2D eigenvalue weighted by molar-refractivity contribution is 5.85. The monoisotopic (exact) mass is 542 g/mol. The smallest absolute Gasteiger partial charge is 0.334 e. The molecule has 5 aromatic rings. The number of hydrogen-bond acceptors (Lipinski definition) is 7. The Kier molecular flexibility index (Phi) is 6.54. The second kappa shape index (κ2) is 10.3. The summed E-state index contributed by atoms with van der Waals surface area (Å²) in [5.74, 6) is -2.24. The number of nitrogens with zero attached hydrogens (tertiary/aromatic N) is 6. The number of carboxylic acids is 1. The minimum atomic E-state index is -1.50. The van der Waals surface area contributed by atoms with Crippen molar-refractivity contribution in [2.24, 2.45) is 0 Å². The molecule has 0 radical (unpaired) electrons. The van der Waals surface area contributed by atoms with Crippen molar-refractivity contribution in [1.29, 1.82) is 0 Å². The second-order valence-electron chi connectivity index (χ2n) is 9.55. The molecule has 0 saturated carbocycles. The van der Waals surface area contributed by atoms with Crippen LogP contribution >= 0.6 is 0 Å². The van der Waals surface area contributed by atoms with Crippen LogP contribution in [0.4, 0.5) is 14.6 Å². The molecule has 3 aromatic heterocycles. The Bertz CT molecular complexity index is 1660. The predicted molar refractivity (Wildman–Crippen MR) is 141 cm³/mol. The molecule has 0 amide bonds. The third-order valence-corrected chi connectivity index (χ3v) is 7.20. The highest BCUT2D eigenvalue weighted by Gasteiger charge is 2.49. The van der Waals surface area contributed by atoms with E-state index in [1.165, 1.54) is 17.2 Å². The first kappa shape index (κ1) is 25.4. The zero-order valence-electron chi connectivity index (χ0n) is 21.2. The van der Waals surface area contributed by atoms with Crippen LogP contribution in [0.15, 0.2) is 83.7 Å². The van der Waals surface area contributed by atoms with Gasteiger partial charge in [0.1, 0.15) is 23.5 Å². The highest BCUT2D eigenvalue weighted by atomic mass is 19.1. The molecule has 1 saturated heterocycles. The van der Waals surface area contributed by atoms with E-state index in [0.717, 1.165) is 6.20 Å². The lowest BCUT2D eigenvalue weighted by atomic mass is 9.80. The number of carboxylic acid groups (broad SMARTS) is 1. The van der Waals surface area contributed by atoms with Crippen LogP contribution in [-0.4, -0.2) is 42.5 Å². The van der Waals surface area contributed by atoms with E-state index in [9.17, 15) is 14.3 Å². The van der Waals surface area contributed by atoms with E-state index < -0.39 is 17.3 Å². The number of rotatable bonds is 7. The lowest BCUT2D eigenvalue weighted by Gasteiger charge is -2.45. The van der Waals surface area contributed by atoms with Crippen molar-refractivity contribution in [3.05, 3.63) is 102 Å². The van der Waals surface area contributed by atoms with Crippen molar-refractivity contribution >= 4 is 11.8 Å². The van der Waals surface area contributed by atoms with E-state index in [-0.39, 0.29) is 29.7 Å². The lowest BCUT2D eigenvalue weighted by molar-refractivity contribution is -0.144. The normalized spacial score (nSPS) is 17.2. The second-order valence-corrected chi connectivity index (χ2v) is 9.55. The Morgan fingerprint density at radius 1 is 1.00 bits per heavy atom. The van der Waals surface area contributed by atoms with E-state index in [0.29, 0.717) is 48.3 Å². The van der Waals surface area contributed by atoms with Crippen molar-refractivity contribution in [3.8, 4) is 22.9 Å². The molecular formula is C29H24F2N6O3. The minimum Gasteiger partial charge on any atom is -0.479 e. The third kappa shape index (κ3) is 4.39. The number of aromatic nitrogens is 5. The van der Waals surface area contributed by atoms with Crippen molar-refractivity contribution in [2.75, 3.05) is 11.4 Å². The Labute approximate surface area is 227 Å². The van der Waals surface area contributed by atoms with Gasteiger partial charge in [-0.3, -0.25) is 4.68 Å². The van der Waals surface area contributed by atoms with Gasteiger partial charge in [0.25, 0.3) is 0 Å². The summed E-state index contributed by atoms with van der Waals surface area (Å²) in [6.45, 7) is 0.381. The summed E-state index contributed by atoms with van der Waals surface area (Å²) in [6, 6.07) is 18.5. The molecule has 0 aliphatic carbocycles. The summed E-state index contributed by atoms with van der Waals surface area (Å²) >= 11 is 0. The number of anilines is 1. The number of benzene rings is 2. The largest absolute Gasteiger partial charge is 0.479 e. The average Bonchev–Trinajstić information content (AvgIpc) is 3.65. The fraction of sp³-hybridized carbons (Fsp3) is 0.207. The quantitative estimate of drug-likeness (QED) is 0.295. The predicted octanol–water partition coefficient (Wildman–Crippen LogP) is 5.29. The zero-order valence-corrected chi connectivity index (χ0v) is 21.2. The van der Waals surface area contributed by atoms with Gasteiger partial charge in [-0.2, -0.15) is 5.10 Å². The van der Waals surface area contributed by atoms with Gasteiger partial charge in [0.05, 0.1) is 18.4 Å². The SMILES string of the molecule is O=C(O)C1(c2ccccc2)CCCCN1c1nc(-c2cc(-c3ccon3)n(Cc3ccccc3F)n2)ncc1F. The molecule has 40 heavy (non-hydrogen) atoms. The van der Waals surface area contributed by atoms with E-state index in [1.54, 1.807) is 65.3 Å². The number of halogens is 2. The molecule has 1 fully saturated rings. The summed E-state index contributed by atoms with van der Waals surface area (Å²) < 4.78 is 36.4. The molecular weight excluding hydrogens is 518 g/mol. The Hall–Kier alpha value is -4.93. The highest BCUT2D eigenvalue weighted by Crippen LogP contribution is 2.41. The maximum absolute atomic E-state index is 15.4. The maximum Gasteiger partial charge on any atom is 0.334 e. The van der Waals surface area contributed by atoms with Gasteiger partial charge < -0.3 is 14.5 Å². The Morgan fingerprint density at radius 3 is 2.55 bits per heavy atom. The summed E-state index contributed by atoms with van der Waals surface area (Å²) in [7, 11) is 0. The van der Waals surface area contributed by atoms with Gasteiger partial charge in [-0.05, 0) is 37.0 Å². The van der Waals surface area contributed by atoms with Gasteiger partial charge in [0, 0.05) is 18.2 Å². The van der Waals surface area contributed by atoms with E-state index >= 15 is 4.39 Å². The molecule has 0 spiro atoms. The average molecular weight is 543 g/mol. The number of carbonyl (C=O) groups is 1. The van der Waals surface area contributed by atoms with E-state index in [1.807, 2.05) is 0 Å². The number of hydrogen-bond donors (Lipinski definition) is 1. The number of aliphatic carboxylic acids is 1. The first-order valence-electron chi connectivity index (χ1n) is 12.8. The maximum atomic E-state index is 15.4. The molecule has 1 atom stereocenters. The van der Waals surface area contributed by atoms with Crippen LogP contribution in [0, 0.1) is 11.6 Å². The summed E-state index contributed by atoms with van der Waals surface area (Å²) in [5.41, 5.74) is 0.718. The molecule has 1 aliphatic rings. The Balaban J connectivity index is 1.45. The van der Waals surface area contributed by atoms with Gasteiger partial charge >= 0.3 is 5.97 Å². The fourth-order valence-corrected chi connectivity index (χ4v) is 5.28. The van der Waals surface area contributed by atoms with Crippen LogP contribution in [0.3, 0.4) is 0 Å². The zero-order chi connectivity index (χ0) is 27.7. The van der Waals surface area contributed by atoms with Crippen LogP contribution in [-0.2, 0) is 16.9 Å². The molecule has 4 heterocycles. The fourth-order valence-electron chi connectivity index (χ4n) is 5.28. The van der Waals surface area contributed by atoms with Crippen molar-refractivity contribution in [1.82, 2.24) is 24.9 Å². The van der Waals surface area contributed by atoms with Crippen LogP contribution in [0.5, 0.6) is 0 Å². The molecule has 1 N–H and O–H groups in total. The third-order valence-electron chi connectivity index (χ3n) is 7.20. The van der Waals surface area contributed by atoms with Gasteiger partial charge in [0.15, 0.2) is 23.0 Å². The molecule has 11 heteroatoms. The minimum absolute atomic E-state index is 0.0885. The van der Waals surface area contributed by atoms with Crippen LogP contribution in [0.2, 0.25) is 0 Å². The molecule has 202 valence electrons. The van der Waals surface area contributed by atoms with E-state index in [2.05, 4.69) is 20.2 Å². The van der Waals surface area contributed by atoms with Crippen LogP contribution in [0.1, 0.15) is 30.4 Å². The van der Waals surface area contributed by atoms with Gasteiger partial charge in [-0.1, -0.05) is 53.7 Å². The molecule has 0 bridgehead atoms. The van der Waals surface area contributed by atoms with Crippen molar-refractivity contribution in [2.45, 2.75) is 31.3 Å². The molecule has 2 aromatic carbocycles. The first-order valence-corrected chi connectivity index (χ1v) is 12.8. The molecule has 6 rings (SSSR count). The van der Waals surface area contributed by atoms with Crippen molar-refractivity contribution in [3.63, 3.8) is 0 Å². The standard InChI is InChI=1S/C29H24F2N6O3/c30-21-11-5-4-8-19(21)18-37-25(23-12-15-40-35-23)16-24(34-37)26-32-17-22(31)27(33-26)36-14-7-6-13-29(36,28(38)39)20-9-2-1-3-10-20/h1-5,8-12,15-17H,6-7,13-14,18H2,(H,38,39). The Morgan fingerprint density at radius 2 is 1.80 bits per heavy atom. The summed E-state index contributed by atoms with van der Waals surface area (Å²) in [5, 5.41) is 19.1. The van der Waals surface area contributed by atoms with Crippen molar-refractivity contribution < 1.29 is 23.2 Å². The topological polar surface area (TPSA) is 110 Å². The van der Waals surface area contributed by atoms with Crippen LogP contribution < -0.4 is 4.90 Å². The molecule has 9 nitrogen and oxygen atoms in total. The molecule has 1 unspecified atom stereocenters. The van der Waals surface area contributed by atoms with Gasteiger partial charge in [-0.25, -0.2) is 23.5 Å². The number of piperidine rings is 1. The molecule has 1 aliphatic heterocycles. The first-order chi connectivity index (χ1) is 19.5. The van der Waals surface area contributed by atoms with Gasteiger partial charge in [0.2, 0.25) is 0 Å².